The molecule has 0 aliphatic carbocycles. The Kier molecular flexibility index (Phi) is 3.13. The van der Waals surface area contributed by atoms with Gasteiger partial charge in [-0.15, -0.1) is 0 Å². The van der Waals surface area contributed by atoms with Crippen LogP contribution in [0, 0.1) is 0 Å². The van der Waals surface area contributed by atoms with Gasteiger partial charge in [-0.1, -0.05) is 12.1 Å². The molecule has 1 heterocycles. The van der Waals surface area contributed by atoms with E-state index in [0.717, 1.165) is 0 Å². The molecule has 2 rings (SSSR count). The molecule has 0 fully saturated rings. The van der Waals surface area contributed by atoms with Gasteiger partial charge < -0.3 is 0 Å². The summed E-state index contributed by atoms with van der Waals surface area (Å²) in [6.07, 6.45) is -5.40. The van der Waals surface area contributed by atoms with E-state index in [0.29, 0.717) is 4.90 Å². The van der Waals surface area contributed by atoms with Crippen molar-refractivity contribution in [1.82, 2.24) is 4.90 Å². The number of rotatable bonds is 2. The van der Waals surface area contributed by atoms with Gasteiger partial charge in [0.2, 0.25) is 0 Å². The van der Waals surface area contributed by atoms with Gasteiger partial charge in [0.25, 0.3) is 11.8 Å². The summed E-state index contributed by atoms with van der Waals surface area (Å²) in [6, 6.07) is 5.74. The van der Waals surface area contributed by atoms with Crippen LogP contribution in [0.4, 0.5) is 17.6 Å². The highest BCUT2D eigenvalue weighted by Gasteiger charge is 2.36. The number of benzene rings is 1. The van der Waals surface area contributed by atoms with Crippen molar-refractivity contribution < 1.29 is 27.2 Å². The van der Waals surface area contributed by atoms with Crippen molar-refractivity contribution in [1.29, 1.82) is 0 Å². The molecule has 0 aromatic heterocycles. The first kappa shape index (κ1) is 13.3. The molecule has 0 spiro atoms. The van der Waals surface area contributed by atoms with Crippen LogP contribution in [0.5, 0.6) is 0 Å². The van der Waals surface area contributed by atoms with E-state index in [-0.39, 0.29) is 11.1 Å². The first-order chi connectivity index (χ1) is 8.79. The molecule has 0 bridgehead atoms. The second kappa shape index (κ2) is 4.49. The van der Waals surface area contributed by atoms with Crippen LogP contribution < -0.4 is 0 Å². The Morgan fingerprint density at radius 3 is 2.00 bits per heavy atom. The largest absolute Gasteiger partial charge is 0.412 e. The number of fused-ring (bicyclic) bond motifs is 1. The Balaban J connectivity index is 2.24. The monoisotopic (exact) mass is 273 g/mol. The molecule has 0 N–H and O–H groups in total. The minimum atomic E-state index is -4.83. The van der Waals surface area contributed by atoms with Gasteiger partial charge >= 0.3 is 6.18 Å². The van der Waals surface area contributed by atoms with Crippen molar-refractivity contribution in [2.75, 3.05) is 6.54 Å². The van der Waals surface area contributed by atoms with Crippen LogP contribution in [0.3, 0.4) is 0 Å². The molecule has 0 saturated carbocycles. The quantitative estimate of drug-likeness (QED) is 0.613. The fraction of sp³-hybridized carbons (Fsp3) is 0.167. The zero-order chi connectivity index (χ0) is 14.2. The van der Waals surface area contributed by atoms with E-state index in [1.807, 2.05) is 0 Å². The molecule has 1 aromatic carbocycles. The van der Waals surface area contributed by atoms with Gasteiger partial charge in [0.15, 0.2) is 0 Å². The molecular weight excluding hydrogens is 266 g/mol. The normalized spacial score (nSPS) is 16.0. The fourth-order valence-electron chi connectivity index (χ4n) is 1.76. The number of hydrogen-bond donors (Lipinski definition) is 0. The maximum Gasteiger partial charge on any atom is 0.412 e. The van der Waals surface area contributed by atoms with E-state index in [2.05, 4.69) is 0 Å². The summed E-state index contributed by atoms with van der Waals surface area (Å²) in [6.45, 7) is -1.02. The predicted molar refractivity (Wildman–Crippen MR) is 57.1 cm³/mol. The Bertz CT molecular complexity index is 542. The van der Waals surface area contributed by atoms with Crippen molar-refractivity contribution in [3.05, 3.63) is 47.3 Å². The summed E-state index contributed by atoms with van der Waals surface area (Å²) in [7, 11) is 0. The molecule has 100 valence electrons. The van der Waals surface area contributed by atoms with Crippen molar-refractivity contribution in [3.8, 4) is 0 Å². The van der Waals surface area contributed by atoms with E-state index in [1.165, 1.54) is 24.3 Å². The average Bonchev–Trinajstić information content (AvgIpc) is 2.53. The first-order valence-corrected chi connectivity index (χ1v) is 5.19. The summed E-state index contributed by atoms with van der Waals surface area (Å²) >= 11 is 0. The van der Waals surface area contributed by atoms with E-state index in [9.17, 15) is 27.2 Å². The zero-order valence-electron chi connectivity index (χ0n) is 9.37. The molecule has 0 saturated heterocycles. The number of hydrogen-bond acceptors (Lipinski definition) is 2. The molecule has 0 atom stereocenters. The van der Waals surface area contributed by atoms with E-state index >= 15 is 0 Å². The van der Waals surface area contributed by atoms with Gasteiger partial charge in [0.1, 0.15) is 5.83 Å². The summed E-state index contributed by atoms with van der Waals surface area (Å²) in [5.41, 5.74) is 0.125. The number of carbonyl (C=O) groups is 2. The minimum absolute atomic E-state index is 0.0623. The van der Waals surface area contributed by atoms with E-state index < -0.39 is 36.4 Å². The number of allylic oxidation sites excluding steroid dienone is 1. The third-order valence-electron chi connectivity index (χ3n) is 2.51. The van der Waals surface area contributed by atoms with Crippen LogP contribution >= 0.6 is 0 Å². The molecule has 3 nitrogen and oxygen atoms in total. The Morgan fingerprint density at radius 1 is 1.11 bits per heavy atom. The lowest BCUT2D eigenvalue weighted by Gasteiger charge is -2.12. The second-order valence-corrected chi connectivity index (χ2v) is 3.87. The Morgan fingerprint density at radius 2 is 1.58 bits per heavy atom. The van der Waals surface area contributed by atoms with Crippen molar-refractivity contribution in [3.63, 3.8) is 0 Å². The van der Waals surface area contributed by atoms with Crippen LogP contribution in [0.2, 0.25) is 0 Å². The zero-order valence-corrected chi connectivity index (χ0v) is 9.37. The molecule has 19 heavy (non-hydrogen) atoms. The van der Waals surface area contributed by atoms with Crippen molar-refractivity contribution in [2.24, 2.45) is 0 Å². The molecule has 7 heteroatoms. The maximum absolute atomic E-state index is 13.1. The van der Waals surface area contributed by atoms with Crippen LogP contribution in [-0.2, 0) is 0 Å². The van der Waals surface area contributed by atoms with Gasteiger partial charge in [-0.05, 0) is 12.1 Å². The number of imide groups is 1. The average molecular weight is 273 g/mol. The lowest BCUT2D eigenvalue weighted by atomic mass is 10.1. The summed E-state index contributed by atoms with van der Waals surface area (Å²) < 4.78 is 48.9. The van der Waals surface area contributed by atoms with Crippen LogP contribution in [0.1, 0.15) is 20.7 Å². The number of halogens is 4. The maximum atomic E-state index is 13.1. The highest BCUT2D eigenvalue weighted by Crippen LogP contribution is 2.25. The molecule has 0 unspecified atom stereocenters. The SMILES string of the molecule is O=C1c2ccccc2C(=O)N1CC(F)=CC(F)(F)F. The van der Waals surface area contributed by atoms with Crippen LogP contribution in [0.25, 0.3) is 0 Å². The molecule has 1 aliphatic rings. The molecule has 1 aromatic rings. The van der Waals surface area contributed by atoms with Gasteiger partial charge in [-0.25, -0.2) is 4.39 Å². The molecule has 0 radical (unpaired) electrons. The van der Waals surface area contributed by atoms with Gasteiger partial charge in [0.05, 0.1) is 23.7 Å². The van der Waals surface area contributed by atoms with Crippen LogP contribution in [-0.4, -0.2) is 29.4 Å². The van der Waals surface area contributed by atoms with Gasteiger partial charge in [-0.3, -0.25) is 14.5 Å². The molecule has 1 aliphatic heterocycles. The van der Waals surface area contributed by atoms with Crippen LogP contribution in [0.15, 0.2) is 36.2 Å². The molecule has 2 amide bonds. The van der Waals surface area contributed by atoms with Crippen molar-refractivity contribution >= 4 is 11.8 Å². The smallest absolute Gasteiger partial charge is 0.269 e. The lowest BCUT2D eigenvalue weighted by Crippen LogP contribution is -2.31. The number of alkyl halides is 3. The standard InChI is InChI=1S/C12H7F4NO2/c13-7(5-12(14,15)16)6-17-10(18)8-3-1-2-4-9(8)11(17)19/h1-5H,6H2. The highest BCUT2D eigenvalue weighted by atomic mass is 19.4. The Hall–Kier alpha value is -2.18. The van der Waals surface area contributed by atoms with Gasteiger partial charge in [0, 0.05) is 0 Å². The topological polar surface area (TPSA) is 37.4 Å². The number of nitrogens with zero attached hydrogens (tertiary/aromatic N) is 1. The third-order valence-corrected chi connectivity index (χ3v) is 2.51. The second-order valence-electron chi connectivity index (χ2n) is 3.87. The fourth-order valence-corrected chi connectivity index (χ4v) is 1.76. The summed E-state index contributed by atoms with van der Waals surface area (Å²) in [5.74, 6) is -3.19. The highest BCUT2D eigenvalue weighted by molar-refractivity contribution is 6.21. The number of carbonyl (C=O) groups excluding carboxylic acids is 2. The first-order valence-electron chi connectivity index (χ1n) is 5.19. The van der Waals surface area contributed by atoms with Gasteiger partial charge in [-0.2, -0.15) is 13.2 Å². The molecular formula is C12H7F4NO2. The number of amides is 2. The lowest BCUT2D eigenvalue weighted by molar-refractivity contribution is -0.0816. The third kappa shape index (κ3) is 2.64. The summed E-state index contributed by atoms with van der Waals surface area (Å²) in [5, 5.41) is 0. The summed E-state index contributed by atoms with van der Waals surface area (Å²) in [4.78, 5) is 23.9. The predicted octanol–water partition coefficient (Wildman–Crippen LogP) is 2.70. The van der Waals surface area contributed by atoms with Crippen molar-refractivity contribution in [2.45, 2.75) is 6.18 Å². The Labute approximate surface area is 105 Å². The van der Waals surface area contributed by atoms with E-state index in [1.54, 1.807) is 0 Å². The minimum Gasteiger partial charge on any atom is -0.269 e. The van der Waals surface area contributed by atoms with E-state index in [4.69, 9.17) is 0 Å².